The Morgan fingerprint density at radius 2 is 1.10 bits per heavy atom. The molecule has 42 heavy (non-hydrogen) atoms. The van der Waals surface area contributed by atoms with Gasteiger partial charge in [-0.25, -0.2) is 0 Å². The smallest absolute Gasteiger partial charge is 0.243 e. The molecule has 0 saturated carbocycles. The maximum atomic E-state index is 13.7. The van der Waals surface area contributed by atoms with E-state index in [9.17, 15) is 24.0 Å². The predicted octanol–water partition coefficient (Wildman–Crippen LogP) is 0.557. The average Bonchev–Trinajstić information content (AvgIpc) is 2.95. The molecule has 0 aliphatic heterocycles. The molecule has 0 aliphatic carbocycles. The second-order valence-corrected chi connectivity index (χ2v) is 11.1. The summed E-state index contributed by atoms with van der Waals surface area (Å²) in [6.07, 6.45) is 0.661. The van der Waals surface area contributed by atoms with E-state index in [4.69, 9.17) is 11.5 Å². The Kier molecular flexibility index (Phi) is 13.6. The number of carbonyl (C=O) groups is 5. The monoisotopic (exact) mass is 580 g/mol. The van der Waals surface area contributed by atoms with E-state index in [1.807, 2.05) is 74.5 Å². The van der Waals surface area contributed by atoms with Crippen LogP contribution >= 0.6 is 0 Å². The molecule has 2 aromatic rings. The second kappa shape index (κ2) is 16.9. The van der Waals surface area contributed by atoms with E-state index in [0.717, 1.165) is 11.1 Å². The maximum absolute atomic E-state index is 13.7. The fourth-order valence-corrected chi connectivity index (χ4v) is 4.41. The van der Waals surface area contributed by atoms with E-state index < -0.39 is 53.7 Å². The molecule has 5 amide bonds. The lowest BCUT2D eigenvalue weighted by Crippen LogP contribution is -2.60. The Hall–Kier alpha value is -4.25. The van der Waals surface area contributed by atoms with Crippen molar-refractivity contribution < 1.29 is 24.0 Å². The number of carbonyl (C=O) groups excluding carboxylic acids is 5. The molecule has 0 saturated heterocycles. The highest BCUT2D eigenvalue weighted by molar-refractivity contribution is 5.95. The van der Waals surface area contributed by atoms with Gasteiger partial charge in [0.1, 0.15) is 24.2 Å². The van der Waals surface area contributed by atoms with Gasteiger partial charge in [0.2, 0.25) is 29.5 Å². The third-order valence-electron chi connectivity index (χ3n) is 6.65. The van der Waals surface area contributed by atoms with Crippen molar-refractivity contribution in [2.24, 2.45) is 23.3 Å². The molecule has 0 unspecified atom stereocenters. The van der Waals surface area contributed by atoms with Gasteiger partial charge in [-0.05, 0) is 29.4 Å². The highest BCUT2D eigenvalue weighted by Crippen LogP contribution is 2.10. The molecule has 2 rings (SSSR count). The van der Waals surface area contributed by atoms with Gasteiger partial charge < -0.3 is 32.7 Å². The predicted molar refractivity (Wildman–Crippen MR) is 161 cm³/mol. The highest BCUT2D eigenvalue weighted by atomic mass is 16.2. The van der Waals surface area contributed by atoms with Crippen LogP contribution in [0.3, 0.4) is 0 Å². The molecule has 0 fully saturated rings. The first-order valence-electron chi connectivity index (χ1n) is 14.2. The van der Waals surface area contributed by atoms with Crippen LogP contribution in [0.15, 0.2) is 60.7 Å². The van der Waals surface area contributed by atoms with E-state index >= 15 is 0 Å². The largest absolute Gasteiger partial charge is 0.368 e. The zero-order chi connectivity index (χ0) is 31.2. The van der Waals surface area contributed by atoms with Crippen molar-refractivity contribution in [2.45, 2.75) is 71.1 Å². The van der Waals surface area contributed by atoms with E-state index in [2.05, 4.69) is 21.3 Å². The van der Waals surface area contributed by atoms with E-state index in [1.54, 1.807) is 13.8 Å². The van der Waals surface area contributed by atoms with Crippen molar-refractivity contribution in [3.8, 4) is 0 Å². The summed E-state index contributed by atoms with van der Waals surface area (Å²) >= 11 is 0. The molecule has 4 atom stereocenters. The third kappa shape index (κ3) is 11.3. The lowest BCUT2D eigenvalue weighted by molar-refractivity contribution is -0.135. The van der Waals surface area contributed by atoms with Gasteiger partial charge in [0.25, 0.3) is 0 Å². The van der Waals surface area contributed by atoms with Crippen molar-refractivity contribution in [1.82, 2.24) is 21.3 Å². The highest BCUT2D eigenvalue weighted by Gasteiger charge is 2.32. The first-order valence-corrected chi connectivity index (χ1v) is 14.2. The van der Waals surface area contributed by atoms with E-state index in [0.29, 0.717) is 6.42 Å². The fourth-order valence-electron chi connectivity index (χ4n) is 4.41. The second-order valence-electron chi connectivity index (χ2n) is 11.1. The number of hydrogen-bond donors (Lipinski definition) is 6. The topological polar surface area (TPSA) is 186 Å². The third-order valence-corrected chi connectivity index (χ3v) is 6.65. The molecule has 11 heteroatoms. The average molecular weight is 581 g/mol. The van der Waals surface area contributed by atoms with Crippen LogP contribution in [0.5, 0.6) is 0 Å². The molecule has 0 aromatic heterocycles. The molecule has 8 N–H and O–H groups in total. The Morgan fingerprint density at radius 1 is 0.643 bits per heavy atom. The number of hydrogen-bond acceptors (Lipinski definition) is 6. The number of primary amides is 1. The van der Waals surface area contributed by atoms with Gasteiger partial charge in [-0.15, -0.1) is 0 Å². The Morgan fingerprint density at radius 3 is 1.52 bits per heavy atom. The Labute approximate surface area is 247 Å². The lowest BCUT2D eigenvalue weighted by atomic mass is 9.98. The van der Waals surface area contributed by atoms with Crippen LogP contribution in [0.1, 0.15) is 45.2 Å². The van der Waals surface area contributed by atoms with Crippen molar-refractivity contribution in [3.63, 3.8) is 0 Å². The quantitative estimate of drug-likeness (QED) is 0.168. The molecule has 0 radical (unpaired) electrons. The van der Waals surface area contributed by atoms with Gasteiger partial charge in [0, 0.05) is 12.8 Å². The Bertz CT molecular complexity index is 1190. The summed E-state index contributed by atoms with van der Waals surface area (Å²) in [5.41, 5.74) is 12.6. The zero-order valence-electron chi connectivity index (χ0n) is 24.8. The number of amides is 5. The van der Waals surface area contributed by atoms with Gasteiger partial charge in [0.05, 0.1) is 6.54 Å². The molecule has 0 aliphatic rings. The molecule has 11 nitrogen and oxygen atoms in total. The molecule has 0 spiro atoms. The van der Waals surface area contributed by atoms with Crippen LogP contribution < -0.4 is 32.7 Å². The number of nitrogens with one attached hydrogen (secondary N) is 4. The molecule has 0 bridgehead atoms. The summed E-state index contributed by atoms with van der Waals surface area (Å²) in [5, 5.41) is 10.8. The summed E-state index contributed by atoms with van der Waals surface area (Å²) in [7, 11) is 0. The van der Waals surface area contributed by atoms with Crippen molar-refractivity contribution in [3.05, 3.63) is 71.8 Å². The summed E-state index contributed by atoms with van der Waals surface area (Å²) in [4.78, 5) is 64.5. The summed E-state index contributed by atoms with van der Waals surface area (Å²) in [5.74, 6) is -3.14. The van der Waals surface area contributed by atoms with E-state index in [-0.39, 0.29) is 31.2 Å². The van der Waals surface area contributed by atoms with Crippen LogP contribution in [0, 0.1) is 11.8 Å². The van der Waals surface area contributed by atoms with Gasteiger partial charge in [-0.3, -0.25) is 24.0 Å². The van der Waals surface area contributed by atoms with Gasteiger partial charge in [0.15, 0.2) is 0 Å². The molecule has 2 aromatic carbocycles. The fraction of sp³-hybridized carbons (Fsp3) is 0.452. The summed E-state index contributed by atoms with van der Waals surface area (Å²) in [6.45, 7) is 7.02. The standard InChI is InChI=1S/C31H44N6O5/c1-19(2)15-23(28(33)39)35-31(42)27(20(3)4)37-30(41)25(17-22-13-9-6-10-14-22)36-29(40)24(34-26(38)18-32)16-21-11-7-5-8-12-21/h5-14,19-20,23-25,27H,15-18,32H2,1-4H3,(H2,33,39)(H,34,38)(H,35,42)(H,36,40)(H,37,41)/t23-,24-,25-,27-/m1/s1. The number of benzene rings is 2. The molecule has 0 heterocycles. The van der Waals surface area contributed by atoms with Gasteiger partial charge in [-0.1, -0.05) is 88.4 Å². The summed E-state index contributed by atoms with van der Waals surface area (Å²) in [6, 6.07) is 14.3. The van der Waals surface area contributed by atoms with Crippen LogP contribution in [-0.4, -0.2) is 60.2 Å². The Balaban J connectivity index is 2.30. The number of rotatable bonds is 16. The van der Waals surface area contributed by atoms with Crippen LogP contribution in [0.2, 0.25) is 0 Å². The first-order chi connectivity index (χ1) is 19.9. The van der Waals surface area contributed by atoms with Crippen LogP contribution in [0.25, 0.3) is 0 Å². The van der Waals surface area contributed by atoms with Gasteiger partial charge in [-0.2, -0.15) is 0 Å². The van der Waals surface area contributed by atoms with Crippen molar-refractivity contribution in [2.75, 3.05) is 6.54 Å². The summed E-state index contributed by atoms with van der Waals surface area (Å²) < 4.78 is 0. The van der Waals surface area contributed by atoms with Crippen molar-refractivity contribution >= 4 is 29.5 Å². The minimum atomic E-state index is -1.08. The number of nitrogens with two attached hydrogens (primary N) is 2. The lowest BCUT2D eigenvalue weighted by Gasteiger charge is -2.28. The minimum Gasteiger partial charge on any atom is -0.368 e. The maximum Gasteiger partial charge on any atom is 0.243 e. The van der Waals surface area contributed by atoms with Crippen molar-refractivity contribution in [1.29, 1.82) is 0 Å². The molecule has 228 valence electrons. The molecular formula is C31H44N6O5. The molecular weight excluding hydrogens is 536 g/mol. The van der Waals surface area contributed by atoms with Crippen LogP contribution in [0.4, 0.5) is 0 Å². The normalized spacial score (nSPS) is 13.9. The zero-order valence-corrected chi connectivity index (χ0v) is 24.8. The van der Waals surface area contributed by atoms with Gasteiger partial charge >= 0.3 is 0 Å². The van der Waals surface area contributed by atoms with E-state index in [1.165, 1.54) is 0 Å². The SMILES string of the molecule is CC(C)C[C@@H](NC(=O)[C@H](NC(=O)[C@@H](Cc1ccccc1)NC(=O)[C@@H](Cc1ccccc1)NC(=O)CN)C(C)C)C(N)=O. The minimum absolute atomic E-state index is 0.101. The van der Waals surface area contributed by atoms with Crippen LogP contribution in [-0.2, 0) is 36.8 Å². The first kappa shape index (κ1) is 34.0.